The van der Waals surface area contributed by atoms with Gasteiger partial charge in [-0.3, -0.25) is 4.79 Å². The number of sulfonamides is 1. The summed E-state index contributed by atoms with van der Waals surface area (Å²) in [5.41, 5.74) is 0.211. The van der Waals surface area contributed by atoms with Crippen LogP contribution in [-0.2, 0) is 14.8 Å². The molecule has 2 fully saturated rings. The van der Waals surface area contributed by atoms with E-state index < -0.39 is 27.9 Å². The van der Waals surface area contributed by atoms with Crippen LogP contribution in [-0.4, -0.2) is 59.8 Å². The molecule has 8 heteroatoms. The summed E-state index contributed by atoms with van der Waals surface area (Å²) >= 11 is 0. The highest BCUT2D eigenvalue weighted by Gasteiger charge is 2.39. The molecule has 1 amide bonds. The van der Waals surface area contributed by atoms with Crippen molar-refractivity contribution in [2.24, 2.45) is 0 Å². The molecule has 1 unspecified atom stereocenters. The van der Waals surface area contributed by atoms with Gasteiger partial charge in [-0.05, 0) is 50.8 Å². The van der Waals surface area contributed by atoms with E-state index in [1.165, 1.54) is 28.3 Å². The van der Waals surface area contributed by atoms with E-state index in [9.17, 15) is 23.1 Å². The summed E-state index contributed by atoms with van der Waals surface area (Å²) in [7, 11) is -3.64. The Hall–Kier alpha value is -1.93. The number of nitrogens with zero attached hydrogens (tertiary/aromatic N) is 2. The maximum absolute atomic E-state index is 12.9. The number of carbonyl (C=O) groups excluding carboxylic acids is 1. The summed E-state index contributed by atoms with van der Waals surface area (Å²) < 4.78 is 27.1. The number of amides is 1. The molecule has 1 aromatic carbocycles. The van der Waals surface area contributed by atoms with Crippen LogP contribution in [0.1, 0.15) is 49.4 Å². The lowest BCUT2D eigenvalue weighted by molar-refractivity contribution is -0.141. The minimum Gasteiger partial charge on any atom is -0.480 e. The molecule has 0 spiro atoms. The van der Waals surface area contributed by atoms with Crippen LogP contribution in [0.5, 0.6) is 0 Å². The van der Waals surface area contributed by atoms with Crippen LogP contribution in [0.2, 0.25) is 0 Å². The second-order valence-electron chi connectivity index (χ2n) is 6.95. The standard InChI is InChI=1S/C18H24N2O5S/c1-13(18(22)23)20(15-8-9-15)17(21)14-6-5-7-16(12-14)26(24,25)19-10-3-2-4-11-19/h5-7,12-13,15H,2-4,8-11H2,1H3,(H,22,23). The van der Waals surface area contributed by atoms with Crippen molar-refractivity contribution in [3.05, 3.63) is 29.8 Å². The average molecular weight is 380 g/mol. The third-order valence-corrected chi connectivity index (χ3v) is 6.88. The van der Waals surface area contributed by atoms with E-state index >= 15 is 0 Å². The predicted octanol–water partition coefficient (Wildman–Crippen LogP) is 1.94. The summed E-state index contributed by atoms with van der Waals surface area (Å²) in [5.74, 6) is -1.50. The average Bonchev–Trinajstić information content (AvgIpc) is 3.47. The van der Waals surface area contributed by atoms with Crippen LogP contribution < -0.4 is 0 Å². The van der Waals surface area contributed by atoms with E-state index in [1.807, 2.05) is 0 Å². The van der Waals surface area contributed by atoms with Crippen molar-refractivity contribution in [1.29, 1.82) is 0 Å². The first-order valence-corrected chi connectivity index (χ1v) is 10.4. The highest BCUT2D eigenvalue weighted by atomic mass is 32.2. The molecule has 0 bridgehead atoms. The fourth-order valence-electron chi connectivity index (χ4n) is 3.32. The van der Waals surface area contributed by atoms with Gasteiger partial charge in [0, 0.05) is 24.7 Å². The molecule has 1 heterocycles. The Bertz CT molecular complexity index is 798. The Kier molecular flexibility index (Phi) is 5.34. The van der Waals surface area contributed by atoms with E-state index in [2.05, 4.69) is 0 Å². The largest absolute Gasteiger partial charge is 0.480 e. The quantitative estimate of drug-likeness (QED) is 0.814. The van der Waals surface area contributed by atoms with Crippen molar-refractivity contribution in [1.82, 2.24) is 9.21 Å². The van der Waals surface area contributed by atoms with Gasteiger partial charge in [0.05, 0.1) is 4.90 Å². The minimum atomic E-state index is -3.64. The Morgan fingerprint density at radius 2 is 1.85 bits per heavy atom. The number of benzene rings is 1. The molecule has 1 aliphatic heterocycles. The summed E-state index contributed by atoms with van der Waals surface area (Å²) in [6, 6.07) is 4.91. The van der Waals surface area contributed by atoms with Crippen LogP contribution in [0, 0.1) is 0 Å². The molecule has 1 aliphatic carbocycles. The van der Waals surface area contributed by atoms with Crippen LogP contribution in [0.3, 0.4) is 0 Å². The number of hydrogen-bond acceptors (Lipinski definition) is 4. The summed E-state index contributed by atoms with van der Waals surface area (Å²) in [6.07, 6.45) is 4.24. The van der Waals surface area contributed by atoms with Crippen molar-refractivity contribution in [3.63, 3.8) is 0 Å². The molecule has 142 valence electrons. The van der Waals surface area contributed by atoms with Gasteiger partial charge >= 0.3 is 5.97 Å². The molecule has 1 aromatic rings. The van der Waals surface area contributed by atoms with E-state index in [-0.39, 0.29) is 16.5 Å². The van der Waals surface area contributed by atoms with Crippen molar-refractivity contribution in [3.8, 4) is 0 Å². The Morgan fingerprint density at radius 1 is 1.19 bits per heavy atom. The molecule has 0 radical (unpaired) electrons. The summed E-state index contributed by atoms with van der Waals surface area (Å²) in [6.45, 7) is 2.46. The normalized spacial score (nSPS) is 19.7. The molecule has 26 heavy (non-hydrogen) atoms. The van der Waals surface area contributed by atoms with Crippen LogP contribution in [0.15, 0.2) is 29.2 Å². The zero-order valence-electron chi connectivity index (χ0n) is 14.8. The molecule has 1 saturated heterocycles. The van der Waals surface area contributed by atoms with Gasteiger partial charge in [0.2, 0.25) is 10.0 Å². The van der Waals surface area contributed by atoms with Gasteiger partial charge in [-0.1, -0.05) is 12.5 Å². The van der Waals surface area contributed by atoms with Crippen LogP contribution in [0.25, 0.3) is 0 Å². The predicted molar refractivity (Wildman–Crippen MR) is 95.3 cm³/mol. The van der Waals surface area contributed by atoms with Crippen LogP contribution >= 0.6 is 0 Å². The van der Waals surface area contributed by atoms with E-state index in [1.54, 1.807) is 12.1 Å². The maximum atomic E-state index is 12.9. The van der Waals surface area contributed by atoms with Gasteiger partial charge < -0.3 is 10.0 Å². The second-order valence-corrected chi connectivity index (χ2v) is 8.89. The van der Waals surface area contributed by atoms with Crippen LogP contribution in [0.4, 0.5) is 0 Å². The molecule has 7 nitrogen and oxygen atoms in total. The first kappa shape index (κ1) is 18.8. The molecule has 2 aliphatic rings. The van der Waals surface area contributed by atoms with Crippen molar-refractivity contribution < 1.29 is 23.1 Å². The monoisotopic (exact) mass is 380 g/mol. The molecular weight excluding hydrogens is 356 g/mol. The Morgan fingerprint density at radius 3 is 2.42 bits per heavy atom. The van der Waals surface area contributed by atoms with Gasteiger partial charge in [-0.15, -0.1) is 0 Å². The maximum Gasteiger partial charge on any atom is 0.326 e. The van der Waals surface area contributed by atoms with Gasteiger partial charge in [-0.25, -0.2) is 13.2 Å². The van der Waals surface area contributed by atoms with E-state index in [4.69, 9.17) is 0 Å². The summed E-state index contributed by atoms with van der Waals surface area (Å²) in [4.78, 5) is 25.7. The minimum absolute atomic E-state index is 0.0870. The number of carboxylic acid groups (broad SMARTS) is 1. The van der Waals surface area contributed by atoms with Crippen molar-refractivity contribution in [2.75, 3.05) is 13.1 Å². The zero-order valence-corrected chi connectivity index (χ0v) is 15.6. The molecular formula is C18H24N2O5S. The lowest BCUT2D eigenvalue weighted by Crippen LogP contribution is -2.44. The van der Waals surface area contributed by atoms with Gasteiger partial charge in [0.15, 0.2) is 0 Å². The topological polar surface area (TPSA) is 95.0 Å². The van der Waals surface area contributed by atoms with Crippen molar-refractivity contribution >= 4 is 21.9 Å². The molecule has 3 rings (SSSR count). The first-order valence-electron chi connectivity index (χ1n) is 8.98. The van der Waals surface area contributed by atoms with Gasteiger partial charge in [0.1, 0.15) is 6.04 Å². The SMILES string of the molecule is CC(C(=O)O)N(C(=O)c1cccc(S(=O)(=O)N2CCCCC2)c1)C1CC1. The Labute approximate surface area is 153 Å². The molecule has 0 aromatic heterocycles. The van der Waals surface area contributed by atoms with E-state index in [0.717, 1.165) is 32.1 Å². The number of rotatable bonds is 6. The summed E-state index contributed by atoms with van der Waals surface area (Å²) in [5, 5.41) is 9.28. The molecule has 1 atom stereocenters. The highest BCUT2D eigenvalue weighted by Crippen LogP contribution is 2.31. The van der Waals surface area contributed by atoms with Crippen molar-refractivity contribution in [2.45, 2.75) is 56.0 Å². The third-order valence-electron chi connectivity index (χ3n) is 4.98. The number of carbonyl (C=O) groups is 2. The van der Waals surface area contributed by atoms with Gasteiger partial charge in [-0.2, -0.15) is 4.31 Å². The molecule has 1 N–H and O–H groups in total. The van der Waals surface area contributed by atoms with E-state index in [0.29, 0.717) is 13.1 Å². The lowest BCUT2D eigenvalue weighted by Gasteiger charge is -2.27. The number of piperidine rings is 1. The second kappa shape index (κ2) is 7.36. The number of carboxylic acids is 1. The number of hydrogen-bond donors (Lipinski definition) is 1. The Balaban J connectivity index is 1.88. The smallest absolute Gasteiger partial charge is 0.326 e. The fourth-order valence-corrected chi connectivity index (χ4v) is 4.89. The lowest BCUT2D eigenvalue weighted by atomic mass is 10.1. The first-order chi connectivity index (χ1) is 12.3. The fraction of sp³-hybridized carbons (Fsp3) is 0.556. The van der Waals surface area contributed by atoms with Gasteiger partial charge in [0.25, 0.3) is 5.91 Å². The zero-order chi connectivity index (χ0) is 18.9. The third kappa shape index (κ3) is 3.76. The number of aliphatic carboxylic acids is 1. The highest BCUT2D eigenvalue weighted by molar-refractivity contribution is 7.89. The molecule has 1 saturated carbocycles.